The van der Waals surface area contributed by atoms with Gasteiger partial charge in [0.15, 0.2) is 0 Å². The average Bonchev–Trinajstić information content (AvgIpc) is 2.39. The van der Waals surface area contributed by atoms with Gasteiger partial charge in [0.1, 0.15) is 5.75 Å². The van der Waals surface area contributed by atoms with Crippen molar-refractivity contribution in [2.45, 2.75) is 13.5 Å². The van der Waals surface area contributed by atoms with Crippen molar-refractivity contribution in [2.24, 2.45) is 0 Å². The highest BCUT2D eigenvalue weighted by atomic mass is 35.5. The number of benzene rings is 2. The Hall–Kier alpha value is -2.00. The highest BCUT2D eigenvalue weighted by Gasteiger charge is 2.07. The maximum Gasteiger partial charge on any atom is 0.251 e. The molecule has 0 atom stereocenters. The number of rotatable bonds is 3. The lowest BCUT2D eigenvalue weighted by Crippen LogP contribution is -2.22. The van der Waals surface area contributed by atoms with E-state index in [0.717, 1.165) is 5.56 Å². The van der Waals surface area contributed by atoms with Crippen LogP contribution in [0.15, 0.2) is 42.5 Å². The number of carbonyl (C=O) groups excluding carboxylic acids is 1. The Bertz CT molecular complexity index is 611. The van der Waals surface area contributed by atoms with Crippen molar-refractivity contribution in [3.05, 3.63) is 64.2 Å². The Morgan fingerprint density at radius 2 is 2.05 bits per heavy atom. The van der Waals surface area contributed by atoms with Gasteiger partial charge < -0.3 is 10.4 Å². The quantitative estimate of drug-likeness (QED) is 0.903. The lowest BCUT2D eigenvalue weighted by Gasteiger charge is -2.07. The van der Waals surface area contributed by atoms with Crippen molar-refractivity contribution in [1.82, 2.24) is 5.32 Å². The number of hydrogen-bond acceptors (Lipinski definition) is 2. The number of hydrogen-bond donors (Lipinski definition) is 2. The normalized spacial score (nSPS) is 10.2. The summed E-state index contributed by atoms with van der Waals surface area (Å²) in [6, 6.07) is 12.1. The lowest BCUT2D eigenvalue weighted by molar-refractivity contribution is 0.0951. The topological polar surface area (TPSA) is 49.3 Å². The lowest BCUT2D eigenvalue weighted by atomic mass is 10.1. The van der Waals surface area contributed by atoms with E-state index in [1.807, 2.05) is 18.2 Å². The number of phenols is 1. The minimum atomic E-state index is -0.178. The third-order valence-corrected chi connectivity index (χ3v) is 3.04. The van der Waals surface area contributed by atoms with Crippen LogP contribution < -0.4 is 5.32 Å². The summed E-state index contributed by atoms with van der Waals surface area (Å²) in [5, 5.41) is 12.9. The van der Waals surface area contributed by atoms with Crippen LogP contribution in [0, 0.1) is 6.92 Å². The standard InChI is InChI=1S/C15H14ClNO2/c1-10-7-12(5-6-14(10)18)15(19)17-9-11-3-2-4-13(16)8-11/h2-8,18H,9H2,1H3,(H,17,19). The predicted octanol–water partition coefficient (Wildman–Crippen LogP) is 3.28. The summed E-state index contributed by atoms with van der Waals surface area (Å²) in [7, 11) is 0. The first-order chi connectivity index (χ1) is 9.06. The van der Waals surface area contributed by atoms with Gasteiger partial charge in [0.2, 0.25) is 0 Å². The molecule has 0 aliphatic heterocycles. The third-order valence-electron chi connectivity index (χ3n) is 2.80. The number of halogens is 1. The molecule has 0 spiro atoms. The van der Waals surface area contributed by atoms with Gasteiger partial charge in [-0.05, 0) is 48.4 Å². The van der Waals surface area contributed by atoms with Crippen molar-refractivity contribution in [1.29, 1.82) is 0 Å². The monoisotopic (exact) mass is 275 g/mol. The van der Waals surface area contributed by atoms with Crippen molar-refractivity contribution in [2.75, 3.05) is 0 Å². The molecule has 0 aromatic heterocycles. The number of aromatic hydroxyl groups is 1. The van der Waals surface area contributed by atoms with E-state index in [4.69, 9.17) is 11.6 Å². The van der Waals surface area contributed by atoms with Crippen molar-refractivity contribution in [3.8, 4) is 5.75 Å². The summed E-state index contributed by atoms with van der Waals surface area (Å²) >= 11 is 5.87. The maximum atomic E-state index is 11.9. The zero-order valence-corrected chi connectivity index (χ0v) is 11.2. The first-order valence-electron chi connectivity index (χ1n) is 5.88. The van der Waals surface area contributed by atoms with E-state index >= 15 is 0 Å². The molecule has 0 unspecified atom stereocenters. The molecule has 0 aliphatic rings. The van der Waals surface area contributed by atoms with Gasteiger partial charge >= 0.3 is 0 Å². The van der Waals surface area contributed by atoms with Gasteiger partial charge in [-0.3, -0.25) is 4.79 Å². The Kier molecular flexibility index (Phi) is 4.07. The molecule has 2 aromatic rings. The second kappa shape index (κ2) is 5.76. The van der Waals surface area contributed by atoms with Crippen LogP contribution in [-0.2, 0) is 6.54 Å². The molecule has 0 radical (unpaired) electrons. The van der Waals surface area contributed by atoms with Gasteiger partial charge in [-0.25, -0.2) is 0 Å². The van der Waals surface area contributed by atoms with Gasteiger partial charge in [-0.2, -0.15) is 0 Å². The molecule has 4 heteroatoms. The smallest absolute Gasteiger partial charge is 0.251 e. The molecule has 2 N–H and O–H groups in total. The molecule has 2 rings (SSSR count). The molecular weight excluding hydrogens is 262 g/mol. The minimum absolute atomic E-state index is 0.178. The van der Waals surface area contributed by atoms with Gasteiger partial charge in [-0.15, -0.1) is 0 Å². The van der Waals surface area contributed by atoms with Crippen LogP contribution in [0.1, 0.15) is 21.5 Å². The van der Waals surface area contributed by atoms with Crippen LogP contribution >= 0.6 is 11.6 Å². The van der Waals surface area contributed by atoms with Crippen molar-refractivity contribution >= 4 is 17.5 Å². The van der Waals surface area contributed by atoms with E-state index in [2.05, 4.69) is 5.32 Å². The first-order valence-corrected chi connectivity index (χ1v) is 6.26. The zero-order chi connectivity index (χ0) is 13.8. The molecule has 0 saturated carbocycles. The molecule has 3 nitrogen and oxygen atoms in total. The van der Waals surface area contributed by atoms with E-state index in [1.165, 1.54) is 6.07 Å². The molecule has 0 fully saturated rings. The van der Waals surface area contributed by atoms with E-state index in [9.17, 15) is 9.90 Å². The fourth-order valence-corrected chi connectivity index (χ4v) is 1.94. The van der Waals surface area contributed by atoms with Gasteiger partial charge in [0, 0.05) is 17.1 Å². The Morgan fingerprint density at radius 3 is 2.74 bits per heavy atom. The van der Waals surface area contributed by atoms with Crippen LogP contribution in [0.5, 0.6) is 5.75 Å². The molecule has 19 heavy (non-hydrogen) atoms. The van der Waals surface area contributed by atoms with E-state index in [-0.39, 0.29) is 11.7 Å². The fourth-order valence-electron chi connectivity index (χ4n) is 1.73. The molecule has 98 valence electrons. The summed E-state index contributed by atoms with van der Waals surface area (Å²) in [6.45, 7) is 2.17. The Morgan fingerprint density at radius 1 is 1.26 bits per heavy atom. The van der Waals surface area contributed by atoms with Crippen LogP contribution in [0.4, 0.5) is 0 Å². The predicted molar refractivity (Wildman–Crippen MR) is 75.5 cm³/mol. The molecule has 0 bridgehead atoms. The second-order valence-corrected chi connectivity index (χ2v) is 4.75. The van der Waals surface area contributed by atoms with Crippen LogP contribution in [0.3, 0.4) is 0 Å². The van der Waals surface area contributed by atoms with Gasteiger partial charge in [-0.1, -0.05) is 23.7 Å². The molecular formula is C15H14ClNO2. The highest BCUT2D eigenvalue weighted by Crippen LogP contribution is 2.17. The summed E-state index contributed by atoms with van der Waals surface area (Å²) < 4.78 is 0. The molecule has 0 heterocycles. The van der Waals surface area contributed by atoms with E-state index in [1.54, 1.807) is 25.1 Å². The maximum absolute atomic E-state index is 11.9. The van der Waals surface area contributed by atoms with E-state index in [0.29, 0.717) is 22.7 Å². The van der Waals surface area contributed by atoms with Crippen LogP contribution in [-0.4, -0.2) is 11.0 Å². The molecule has 0 saturated heterocycles. The number of phenolic OH excluding ortho intramolecular Hbond substituents is 1. The first kappa shape index (κ1) is 13.4. The fraction of sp³-hybridized carbons (Fsp3) is 0.133. The third kappa shape index (κ3) is 3.48. The Labute approximate surface area is 116 Å². The number of nitrogens with one attached hydrogen (secondary N) is 1. The summed E-state index contributed by atoms with van der Waals surface area (Å²) in [4.78, 5) is 11.9. The number of aryl methyl sites for hydroxylation is 1. The molecule has 0 aliphatic carbocycles. The summed E-state index contributed by atoms with van der Waals surface area (Å²) in [5.41, 5.74) is 2.14. The number of carbonyl (C=O) groups is 1. The van der Waals surface area contributed by atoms with E-state index < -0.39 is 0 Å². The molecule has 2 aromatic carbocycles. The largest absolute Gasteiger partial charge is 0.508 e. The molecule has 1 amide bonds. The van der Waals surface area contributed by atoms with Crippen molar-refractivity contribution < 1.29 is 9.90 Å². The highest BCUT2D eigenvalue weighted by molar-refractivity contribution is 6.30. The average molecular weight is 276 g/mol. The van der Waals surface area contributed by atoms with Gasteiger partial charge in [0.25, 0.3) is 5.91 Å². The number of amides is 1. The second-order valence-electron chi connectivity index (χ2n) is 4.31. The summed E-state index contributed by atoms with van der Waals surface area (Å²) in [5.74, 6) is 0.00877. The van der Waals surface area contributed by atoms with Crippen LogP contribution in [0.25, 0.3) is 0 Å². The minimum Gasteiger partial charge on any atom is -0.508 e. The summed E-state index contributed by atoms with van der Waals surface area (Å²) in [6.07, 6.45) is 0. The van der Waals surface area contributed by atoms with Gasteiger partial charge in [0.05, 0.1) is 0 Å². The zero-order valence-electron chi connectivity index (χ0n) is 10.5. The van der Waals surface area contributed by atoms with Crippen molar-refractivity contribution in [3.63, 3.8) is 0 Å². The Balaban J connectivity index is 2.03. The SMILES string of the molecule is Cc1cc(C(=O)NCc2cccc(Cl)c2)ccc1O. The van der Waals surface area contributed by atoms with Crippen LogP contribution in [0.2, 0.25) is 5.02 Å².